The summed E-state index contributed by atoms with van der Waals surface area (Å²) in [5, 5.41) is 3.67. The van der Waals surface area contributed by atoms with Crippen molar-refractivity contribution in [3.05, 3.63) is 29.8 Å². The average Bonchev–Trinajstić information content (AvgIpc) is 3.27. The number of thiocarbonyl (C=S) groups is 1. The Balaban J connectivity index is 1.59. The predicted octanol–water partition coefficient (Wildman–Crippen LogP) is 1.79. The number of nitrogens with one attached hydrogen (secondary N) is 3. The van der Waals surface area contributed by atoms with Crippen LogP contribution in [0.3, 0.4) is 0 Å². The van der Waals surface area contributed by atoms with Gasteiger partial charge in [0.25, 0.3) is 5.91 Å². The molecule has 1 aromatic rings. The van der Waals surface area contributed by atoms with E-state index in [4.69, 9.17) is 26.4 Å². The van der Waals surface area contributed by atoms with Crippen LogP contribution in [0.2, 0.25) is 0 Å². The Bertz CT molecular complexity index is 712. The fourth-order valence-electron chi connectivity index (χ4n) is 3.55. The summed E-state index contributed by atoms with van der Waals surface area (Å²) in [6, 6.07) is 3.48. The van der Waals surface area contributed by atoms with Crippen molar-refractivity contribution in [3.8, 4) is 17.2 Å². The van der Waals surface area contributed by atoms with Gasteiger partial charge in [0.05, 0.1) is 21.3 Å². The van der Waals surface area contributed by atoms with E-state index in [0.717, 1.165) is 6.42 Å². The van der Waals surface area contributed by atoms with E-state index < -0.39 is 0 Å². The lowest BCUT2D eigenvalue weighted by Gasteiger charge is -2.22. The number of benzene rings is 1. The molecule has 3 N–H and O–H groups in total. The van der Waals surface area contributed by atoms with Crippen molar-refractivity contribution in [2.24, 2.45) is 11.8 Å². The molecule has 2 aliphatic carbocycles. The summed E-state index contributed by atoms with van der Waals surface area (Å²) in [7, 11) is 4.51. The Kier molecular flexibility index (Phi) is 5.51. The quantitative estimate of drug-likeness (QED) is 0.410. The van der Waals surface area contributed by atoms with Crippen LogP contribution in [-0.4, -0.2) is 38.4 Å². The minimum atomic E-state index is -0.360. The molecule has 0 heterocycles. The summed E-state index contributed by atoms with van der Waals surface area (Å²) in [6.45, 7) is 0. The Labute approximate surface area is 158 Å². The van der Waals surface area contributed by atoms with E-state index in [1.165, 1.54) is 27.8 Å². The molecule has 1 saturated carbocycles. The smallest absolute Gasteiger partial charge is 0.269 e. The van der Waals surface area contributed by atoms with Gasteiger partial charge in [0.1, 0.15) is 0 Å². The highest BCUT2D eigenvalue weighted by Gasteiger charge is 2.35. The molecule has 1 aromatic carbocycles. The van der Waals surface area contributed by atoms with E-state index in [2.05, 4.69) is 28.3 Å². The Morgan fingerprint density at radius 1 is 1.04 bits per heavy atom. The van der Waals surface area contributed by atoms with Crippen molar-refractivity contribution in [2.45, 2.75) is 18.9 Å². The second-order valence-corrected chi connectivity index (χ2v) is 6.76. The van der Waals surface area contributed by atoms with Gasteiger partial charge >= 0.3 is 0 Å². The van der Waals surface area contributed by atoms with Gasteiger partial charge in [-0.25, -0.2) is 0 Å². The minimum absolute atomic E-state index is 0.322. The summed E-state index contributed by atoms with van der Waals surface area (Å²) in [4.78, 5) is 12.4. The highest BCUT2D eigenvalue weighted by Crippen LogP contribution is 2.39. The highest BCUT2D eigenvalue weighted by atomic mass is 32.1. The monoisotopic (exact) mass is 377 g/mol. The minimum Gasteiger partial charge on any atom is -0.493 e. The number of hydrazine groups is 1. The van der Waals surface area contributed by atoms with Gasteiger partial charge in [-0.2, -0.15) is 0 Å². The first kappa shape index (κ1) is 18.3. The topological polar surface area (TPSA) is 80.9 Å². The maximum Gasteiger partial charge on any atom is 0.269 e. The molecule has 7 nitrogen and oxygen atoms in total. The largest absolute Gasteiger partial charge is 0.493 e. The maximum atomic E-state index is 12.4. The van der Waals surface area contributed by atoms with Crippen LogP contribution in [0.25, 0.3) is 0 Å². The van der Waals surface area contributed by atoms with Crippen LogP contribution in [0.4, 0.5) is 0 Å². The first-order valence-electron chi connectivity index (χ1n) is 8.41. The van der Waals surface area contributed by atoms with Crippen molar-refractivity contribution >= 4 is 23.2 Å². The average molecular weight is 377 g/mol. The summed E-state index contributed by atoms with van der Waals surface area (Å²) < 4.78 is 15.8. The van der Waals surface area contributed by atoms with Gasteiger partial charge < -0.3 is 19.5 Å². The Morgan fingerprint density at radius 3 is 2.23 bits per heavy atom. The van der Waals surface area contributed by atoms with Crippen LogP contribution in [0.15, 0.2) is 24.3 Å². The second-order valence-electron chi connectivity index (χ2n) is 6.35. The molecule has 2 bridgehead atoms. The first-order chi connectivity index (χ1) is 12.5. The Hall–Kier alpha value is -2.48. The third-order valence-corrected chi connectivity index (χ3v) is 5.03. The van der Waals surface area contributed by atoms with Crippen LogP contribution < -0.4 is 30.4 Å². The molecule has 1 fully saturated rings. The van der Waals surface area contributed by atoms with Crippen molar-refractivity contribution < 1.29 is 19.0 Å². The molecule has 0 spiro atoms. The first-order valence-corrected chi connectivity index (χ1v) is 8.81. The lowest BCUT2D eigenvalue weighted by molar-refractivity contribution is 0.0942. The van der Waals surface area contributed by atoms with Gasteiger partial charge in [0, 0.05) is 11.6 Å². The third kappa shape index (κ3) is 3.70. The normalized spacial score (nSPS) is 22.7. The number of allylic oxidation sites excluding steroid dienone is 1. The van der Waals surface area contributed by atoms with Crippen LogP contribution in [0.1, 0.15) is 23.2 Å². The molecule has 8 heteroatoms. The molecule has 0 aromatic heterocycles. The van der Waals surface area contributed by atoms with E-state index in [0.29, 0.717) is 45.8 Å². The van der Waals surface area contributed by atoms with Crippen molar-refractivity contribution in [1.29, 1.82) is 0 Å². The number of carbonyl (C=O) groups excluding carboxylic acids is 1. The predicted molar refractivity (Wildman–Crippen MR) is 102 cm³/mol. The summed E-state index contributed by atoms with van der Waals surface area (Å²) in [5.41, 5.74) is 5.71. The zero-order chi connectivity index (χ0) is 18.7. The van der Waals surface area contributed by atoms with E-state index >= 15 is 0 Å². The van der Waals surface area contributed by atoms with Gasteiger partial charge in [0.2, 0.25) is 5.75 Å². The zero-order valence-corrected chi connectivity index (χ0v) is 15.8. The fourth-order valence-corrected chi connectivity index (χ4v) is 3.75. The van der Waals surface area contributed by atoms with Crippen LogP contribution in [-0.2, 0) is 0 Å². The van der Waals surface area contributed by atoms with Crippen LogP contribution in [0.5, 0.6) is 17.2 Å². The van der Waals surface area contributed by atoms with E-state index in [-0.39, 0.29) is 5.91 Å². The molecule has 0 aliphatic heterocycles. The number of fused-ring (bicyclic) bond motifs is 2. The molecule has 3 atom stereocenters. The van der Waals surface area contributed by atoms with Crippen LogP contribution >= 0.6 is 12.2 Å². The van der Waals surface area contributed by atoms with Gasteiger partial charge in [-0.1, -0.05) is 12.2 Å². The molecule has 26 heavy (non-hydrogen) atoms. The lowest BCUT2D eigenvalue weighted by Crippen LogP contribution is -2.50. The van der Waals surface area contributed by atoms with Gasteiger partial charge in [-0.3, -0.25) is 15.6 Å². The van der Waals surface area contributed by atoms with Crippen LogP contribution in [0, 0.1) is 11.8 Å². The van der Waals surface area contributed by atoms with Gasteiger partial charge in [-0.05, 0) is 49.0 Å². The number of amides is 1. The number of ether oxygens (including phenoxy) is 3. The van der Waals surface area contributed by atoms with E-state index in [1.807, 2.05) is 0 Å². The molecule has 3 rings (SSSR count). The SMILES string of the molecule is COc1cc(C(=O)NNC(=S)N[C@H]2C[C@@H]3C=C[C@H]2C3)cc(OC)c1OC. The lowest BCUT2D eigenvalue weighted by atomic mass is 10.0. The molecular weight excluding hydrogens is 354 g/mol. The number of hydrogen-bond donors (Lipinski definition) is 3. The molecule has 140 valence electrons. The zero-order valence-electron chi connectivity index (χ0n) is 15.0. The third-order valence-electron chi connectivity index (χ3n) is 4.81. The Morgan fingerprint density at radius 2 is 1.73 bits per heavy atom. The maximum absolute atomic E-state index is 12.4. The second kappa shape index (κ2) is 7.82. The molecule has 0 radical (unpaired) electrons. The highest BCUT2D eigenvalue weighted by molar-refractivity contribution is 7.80. The molecule has 2 aliphatic rings. The number of carbonyl (C=O) groups is 1. The number of methoxy groups -OCH3 is 3. The molecule has 0 unspecified atom stereocenters. The van der Waals surface area contributed by atoms with Gasteiger partial charge in [0.15, 0.2) is 16.6 Å². The van der Waals surface area contributed by atoms with E-state index in [1.54, 1.807) is 12.1 Å². The molecular formula is C18H23N3O4S. The van der Waals surface area contributed by atoms with Crippen molar-refractivity contribution in [2.75, 3.05) is 21.3 Å². The van der Waals surface area contributed by atoms with Gasteiger partial charge in [-0.15, -0.1) is 0 Å². The number of hydrogen-bond acceptors (Lipinski definition) is 5. The summed E-state index contributed by atoms with van der Waals surface area (Å²) >= 11 is 5.28. The number of rotatable bonds is 5. The molecule has 1 amide bonds. The van der Waals surface area contributed by atoms with Crippen molar-refractivity contribution in [3.63, 3.8) is 0 Å². The summed E-state index contributed by atoms with van der Waals surface area (Å²) in [5.74, 6) is 2.06. The van der Waals surface area contributed by atoms with E-state index in [9.17, 15) is 4.79 Å². The fraction of sp³-hybridized carbons (Fsp3) is 0.444. The summed E-state index contributed by atoms with van der Waals surface area (Å²) in [6.07, 6.45) is 6.76. The van der Waals surface area contributed by atoms with Crippen molar-refractivity contribution in [1.82, 2.24) is 16.2 Å². The molecule has 0 saturated heterocycles. The standard InChI is InChI=1S/C18H23N3O4S/c1-23-14-8-12(9-15(24-2)16(14)25-3)17(22)20-21-18(26)19-13-7-10-4-5-11(13)6-10/h4-5,8-11,13H,6-7H2,1-3H3,(H,20,22)(H2,19,21,26)/t10-,11+,13+/m1/s1.